The smallest absolute Gasteiger partial charge is 0.152 e. The van der Waals surface area contributed by atoms with Gasteiger partial charge < -0.3 is 5.32 Å². The van der Waals surface area contributed by atoms with E-state index >= 15 is 0 Å². The average molecular weight is 299 g/mol. The summed E-state index contributed by atoms with van der Waals surface area (Å²) in [5, 5.41) is 2.92. The van der Waals surface area contributed by atoms with Gasteiger partial charge in [0.2, 0.25) is 0 Å². The molecule has 1 N–H and O–H groups in total. The van der Waals surface area contributed by atoms with Crippen LogP contribution < -0.4 is 5.32 Å². The second kappa shape index (κ2) is 6.29. The van der Waals surface area contributed by atoms with Crippen molar-refractivity contribution in [3.63, 3.8) is 0 Å². The summed E-state index contributed by atoms with van der Waals surface area (Å²) >= 11 is 0. The third-order valence-electron chi connectivity index (χ3n) is 5.10. The average Bonchev–Trinajstić information content (AvgIpc) is 2.43. The monoisotopic (exact) mass is 299 g/mol. The Hall–Kier alpha value is -1.19. The lowest BCUT2D eigenvalue weighted by atomic mass is 9.69. The molecule has 0 amide bonds. The maximum atomic E-state index is 13.6. The third kappa shape index (κ3) is 3.72. The van der Waals surface area contributed by atoms with Gasteiger partial charge in [-0.15, -0.1) is 0 Å². The van der Waals surface area contributed by atoms with E-state index in [-0.39, 0.29) is 11.7 Å². The molecule has 0 atom stereocenters. The van der Waals surface area contributed by atoms with Crippen LogP contribution in [0.2, 0.25) is 0 Å². The summed E-state index contributed by atoms with van der Waals surface area (Å²) in [6, 6.07) is 1.50. The Morgan fingerprint density at radius 2 is 1.57 bits per heavy atom. The summed E-state index contributed by atoms with van der Waals surface area (Å²) in [5.41, 5.74) is 0.117. The first-order chi connectivity index (χ1) is 9.83. The highest BCUT2D eigenvalue weighted by molar-refractivity contribution is 5.47. The second-order valence-electron chi connectivity index (χ2n) is 6.78. The fraction of sp³-hybridized carbons (Fsp3) is 0.647. The molecule has 1 aliphatic rings. The molecule has 0 spiro atoms. The standard InChI is InChI=1S/C17H24F3N/c1-4-17(2,3)11-5-7-13(8-6-11)21-16-14(19)9-12(18)10-15(16)20/h9-11,13,21H,4-8H2,1-3H3. The number of benzene rings is 1. The molecule has 0 aromatic heterocycles. The topological polar surface area (TPSA) is 12.0 Å². The van der Waals surface area contributed by atoms with E-state index in [0.717, 1.165) is 44.2 Å². The summed E-state index contributed by atoms with van der Waals surface area (Å²) in [6.07, 6.45) is 5.04. The van der Waals surface area contributed by atoms with Crippen molar-refractivity contribution in [2.75, 3.05) is 5.32 Å². The van der Waals surface area contributed by atoms with Crippen molar-refractivity contribution >= 4 is 5.69 Å². The largest absolute Gasteiger partial charge is 0.378 e. The molecule has 1 aromatic carbocycles. The minimum absolute atomic E-state index is 0.0587. The predicted molar refractivity (Wildman–Crippen MR) is 79.8 cm³/mol. The molecule has 0 unspecified atom stereocenters. The van der Waals surface area contributed by atoms with Gasteiger partial charge in [-0.1, -0.05) is 27.2 Å². The number of hydrogen-bond acceptors (Lipinski definition) is 1. The zero-order valence-electron chi connectivity index (χ0n) is 13.0. The molecule has 0 heterocycles. The van der Waals surface area contributed by atoms with E-state index in [1.165, 1.54) is 0 Å². The summed E-state index contributed by atoms with van der Waals surface area (Å²) < 4.78 is 40.2. The summed E-state index contributed by atoms with van der Waals surface area (Å²) in [6.45, 7) is 6.77. The summed E-state index contributed by atoms with van der Waals surface area (Å²) in [4.78, 5) is 0. The summed E-state index contributed by atoms with van der Waals surface area (Å²) in [5.74, 6) is -1.94. The fourth-order valence-electron chi connectivity index (χ4n) is 3.19. The quantitative estimate of drug-likeness (QED) is 0.773. The number of halogens is 3. The van der Waals surface area contributed by atoms with E-state index in [9.17, 15) is 13.2 Å². The first kappa shape index (κ1) is 16.2. The lowest BCUT2D eigenvalue weighted by Gasteiger charge is -2.39. The first-order valence-corrected chi connectivity index (χ1v) is 7.74. The van der Waals surface area contributed by atoms with Crippen molar-refractivity contribution < 1.29 is 13.2 Å². The Labute approximate surface area is 124 Å². The van der Waals surface area contributed by atoms with Crippen LogP contribution in [0.4, 0.5) is 18.9 Å². The van der Waals surface area contributed by atoms with Gasteiger partial charge in [0.15, 0.2) is 11.6 Å². The Morgan fingerprint density at radius 1 is 1.05 bits per heavy atom. The number of nitrogens with one attached hydrogen (secondary N) is 1. The molecule has 2 rings (SSSR count). The maximum absolute atomic E-state index is 13.6. The third-order valence-corrected chi connectivity index (χ3v) is 5.10. The van der Waals surface area contributed by atoms with E-state index in [4.69, 9.17) is 0 Å². The number of hydrogen-bond donors (Lipinski definition) is 1. The van der Waals surface area contributed by atoms with E-state index < -0.39 is 17.5 Å². The molecule has 1 aliphatic carbocycles. The van der Waals surface area contributed by atoms with Crippen molar-refractivity contribution in [3.05, 3.63) is 29.6 Å². The maximum Gasteiger partial charge on any atom is 0.152 e. The van der Waals surface area contributed by atoms with Gasteiger partial charge in [-0.3, -0.25) is 0 Å². The first-order valence-electron chi connectivity index (χ1n) is 7.74. The van der Waals surface area contributed by atoms with Crippen LogP contribution in [0.1, 0.15) is 52.9 Å². The molecule has 4 heteroatoms. The lowest BCUT2D eigenvalue weighted by Crippen LogP contribution is -2.33. The molecule has 21 heavy (non-hydrogen) atoms. The van der Waals surface area contributed by atoms with Crippen molar-refractivity contribution in [2.24, 2.45) is 11.3 Å². The van der Waals surface area contributed by atoms with E-state index in [1.807, 2.05) is 0 Å². The van der Waals surface area contributed by atoms with Crippen LogP contribution in [0.25, 0.3) is 0 Å². The van der Waals surface area contributed by atoms with E-state index in [1.54, 1.807) is 0 Å². The van der Waals surface area contributed by atoms with Crippen LogP contribution in [0.3, 0.4) is 0 Å². The van der Waals surface area contributed by atoms with Crippen molar-refractivity contribution in [1.82, 2.24) is 0 Å². The van der Waals surface area contributed by atoms with Crippen molar-refractivity contribution in [2.45, 2.75) is 58.9 Å². The Kier molecular flexibility index (Phi) is 4.84. The molecular weight excluding hydrogens is 275 g/mol. The molecule has 0 bridgehead atoms. The van der Waals surface area contributed by atoms with Crippen molar-refractivity contribution in [3.8, 4) is 0 Å². The zero-order valence-corrected chi connectivity index (χ0v) is 13.0. The Bertz CT molecular complexity index is 468. The Balaban J connectivity index is 1.98. The molecular formula is C17H24F3N. The fourth-order valence-corrected chi connectivity index (χ4v) is 3.19. The van der Waals surface area contributed by atoms with Gasteiger partial charge >= 0.3 is 0 Å². The molecule has 1 nitrogen and oxygen atoms in total. The van der Waals surface area contributed by atoms with Crippen LogP contribution in [-0.4, -0.2) is 6.04 Å². The highest BCUT2D eigenvalue weighted by Crippen LogP contribution is 2.41. The molecule has 0 saturated heterocycles. The van der Waals surface area contributed by atoms with Gasteiger partial charge in [0.05, 0.1) is 0 Å². The van der Waals surface area contributed by atoms with Crippen LogP contribution in [0.5, 0.6) is 0 Å². The van der Waals surface area contributed by atoms with Crippen LogP contribution in [0, 0.1) is 28.8 Å². The van der Waals surface area contributed by atoms with Gasteiger partial charge in [-0.05, 0) is 37.0 Å². The number of anilines is 1. The highest BCUT2D eigenvalue weighted by atomic mass is 19.1. The van der Waals surface area contributed by atoms with Gasteiger partial charge in [0, 0.05) is 18.2 Å². The molecule has 118 valence electrons. The second-order valence-corrected chi connectivity index (χ2v) is 6.78. The molecule has 0 radical (unpaired) electrons. The minimum Gasteiger partial charge on any atom is -0.378 e. The van der Waals surface area contributed by atoms with Gasteiger partial charge in [0.1, 0.15) is 11.5 Å². The lowest BCUT2D eigenvalue weighted by molar-refractivity contribution is 0.147. The van der Waals surface area contributed by atoms with Gasteiger partial charge in [-0.25, -0.2) is 13.2 Å². The minimum atomic E-state index is -0.885. The molecule has 0 aliphatic heterocycles. The molecule has 1 aromatic rings. The SMILES string of the molecule is CCC(C)(C)C1CCC(Nc2c(F)cc(F)cc2F)CC1. The van der Waals surface area contributed by atoms with Crippen LogP contribution in [-0.2, 0) is 0 Å². The predicted octanol–water partition coefficient (Wildman–Crippen LogP) is 5.51. The van der Waals surface area contributed by atoms with Gasteiger partial charge in [-0.2, -0.15) is 0 Å². The van der Waals surface area contributed by atoms with Crippen LogP contribution in [0.15, 0.2) is 12.1 Å². The molecule has 1 fully saturated rings. The normalized spacial score (nSPS) is 23.1. The van der Waals surface area contributed by atoms with E-state index in [2.05, 4.69) is 26.1 Å². The Morgan fingerprint density at radius 3 is 2.05 bits per heavy atom. The van der Waals surface area contributed by atoms with E-state index in [0.29, 0.717) is 11.3 Å². The highest BCUT2D eigenvalue weighted by Gasteiger charge is 2.32. The van der Waals surface area contributed by atoms with Crippen LogP contribution >= 0.6 is 0 Å². The summed E-state index contributed by atoms with van der Waals surface area (Å²) in [7, 11) is 0. The zero-order chi connectivity index (χ0) is 15.6. The van der Waals surface area contributed by atoms with Gasteiger partial charge in [0.25, 0.3) is 0 Å². The number of rotatable bonds is 4. The van der Waals surface area contributed by atoms with Crippen molar-refractivity contribution in [1.29, 1.82) is 0 Å². The molecule has 1 saturated carbocycles.